The molecule has 108 valence electrons. The molecule has 20 heavy (non-hydrogen) atoms. The molecule has 0 saturated heterocycles. The van der Waals surface area contributed by atoms with Crippen molar-refractivity contribution in [3.05, 3.63) is 33.8 Å². The van der Waals surface area contributed by atoms with Crippen LogP contribution in [0.15, 0.2) is 18.2 Å². The summed E-state index contributed by atoms with van der Waals surface area (Å²) < 4.78 is 0. The van der Waals surface area contributed by atoms with E-state index >= 15 is 0 Å². The molecule has 1 N–H and O–H groups in total. The van der Waals surface area contributed by atoms with E-state index in [1.165, 1.54) is 0 Å². The predicted octanol–water partition coefficient (Wildman–Crippen LogP) is 3.96. The van der Waals surface area contributed by atoms with Crippen LogP contribution in [0, 0.1) is 12.8 Å². The van der Waals surface area contributed by atoms with E-state index in [2.05, 4.69) is 29.4 Å². The molecule has 0 fully saturated rings. The number of halogens is 1. The van der Waals surface area contributed by atoms with E-state index in [4.69, 9.17) is 11.6 Å². The largest absolute Gasteiger partial charge is 0.316 e. The molecule has 0 aliphatic carbocycles. The first-order valence-corrected chi connectivity index (χ1v) is 8.06. The van der Waals surface area contributed by atoms with Crippen LogP contribution in [0.3, 0.4) is 0 Å². The summed E-state index contributed by atoms with van der Waals surface area (Å²) in [6.45, 7) is 8.39. The summed E-state index contributed by atoms with van der Waals surface area (Å²) in [5.41, 5.74) is 2.05. The van der Waals surface area contributed by atoms with Crippen molar-refractivity contribution >= 4 is 22.9 Å². The molecule has 3 nitrogen and oxygen atoms in total. The minimum Gasteiger partial charge on any atom is -0.316 e. The average molecular weight is 310 g/mol. The molecular weight excluding hydrogens is 290 g/mol. The summed E-state index contributed by atoms with van der Waals surface area (Å²) >= 11 is 7.95. The second-order valence-electron chi connectivity index (χ2n) is 5.29. The highest BCUT2D eigenvalue weighted by Gasteiger charge is 2.11. The zero-order valence-electron chi connectivity index (χ0n) is 12.1. The number of aromatic nitrogens is 2. The van der Waals surface area contributed by atoms with Crippen molar-refractivity contribution in [3.8, 4) is 10.6 Å². The van der Waals surface area contributed by atoms with Crippen LogP contribution in [-0.2, 0) is 6.42 Å². The number of nitrogens with one attached hydrogen (secondary N) is 1. The maximum Gasteiger partial charge on any atom is 0.149 e. The Kier molecular flexibility index (Phi) is 5.52. The van der Waals surface area contributed by atoms with Crippen molar-refractivity contribution in [2.24, 2.45) is 5.92 Å². The minimum absolute atomic E-state index is 0.672. The molecule has 0 aliphatic heterocycles. The van der Waals surface area contributed by atoms with E-state index in [1.807, 2.05) is 25.1 Å². The van der Waals surface area contributed by atoms with E-state index in [-0.39, 0.29) is 0 Å². The van der Waals surface area contributed by atoms with Crippen molar-refractivity contribution < 1.29 is 0 Å². The van der Waals surface area contributed by atoms with Crippen molar-refractivity contribution in [2.45, 2.75) is 27.2 Å². The van der Waals surface area contributed by atoms with E-state index in [1.54, 1.807) is 11.3 Å². The van der Waals surface area contributed by atoms with Gasteiger partial charge >= 0.3 is 0 Å². The molecule has 0 saturated carbocycles. The normalized spacial score (nSPS) is 11.2. The van der Waals surface area contributed by atoms with E-state index < -0.39 is 0 Å². The summed E-state index contributed by atoms with van der Waals surface area (Å²) in [4.78, 5) is 0. The maximum atomic E-state index is 6.33. The van der Waals surface area contributed by atoms with Gasteiger partial charge < -0.3 is 5.32 Å². The Hall–Kier alpha value is -0.970. The van der Waals surface area contributed by atoms with Gasteiger partial charge in [-0.05, 0) is 24.9 Å². The summed E-state index contributed by atoms with van der Waals surface area (Å²) in [7, 11) is 0. The van der Waals surface area contributed by atoms with E-state index in [9.17, 15) is 0 Å². The molecule has 5 heteroatoms. The van der Waals surface area contributed by atoms with E-state index in [0.717, 1.165) is 45.7 Å². The lowest BCUT2D eigenvalue weighted by atomic mass is 10.1. The number of hydrogen-bond donors (Lipinski definition) is 1. The van der Waals surface area contributed by atoms with Crippen molar-refractivity contribution in [3.63, 3.8) is 0 Å². The Morgan fingerprint density at radius 2 is 2.10 bits per heavy atom. The maximum absolute atomic E-state index is 6.33. The van der Waals surface area contributed by atoms with Crippen LogP contribution in [0.25, 0.3) is 10.6 Å². The van der Waals surface area contributed by atoms with Gasteiger partial charge in [0.15, 0.2) is 0 Å². The monoisotopic (exact) mass is 309 g/mol. The molecule has 1 aromatic carbocycles. The molecule has 0 atom stereocenters. The van der Waals surface area contributed by atoms with Crippen LogP contribution < -0.4 is 5.32 Å². The van der Waals surface area contributed by atoms with Gasteiger partial charge in [0, 0.05) is 18.5 Å². The quantitative estimate of drug-likeness (QED) is 0.821. The lowest BCUT2D eigenvalue weighted by Gasteiger charge is -2.05. The SMILES string of the molecule is Cc1cccc(-c2nnc(CCNCC(C)C)s2)c1Cl. The van der Waals surface area contributed by atoms with Crippen LogP contribution in [0.2, 0.25) is 5.02 Å². The summed E-state index contributed by atoms with van der Waals surface area (Å²) in [5.74, 6) is 0.672. The van der Waals surface area contributed by atoms with Gasteiger partial charge in [-0.25, -0.2) is 0 Å². The van der Waals surface area contributed by atoms with Gasteiger partial charge in [0.05, 0.1) is 5.02 Å². The zero-order valence-corrected chi connectivity index (χ0v) is 13.7. The smallest absolute Gasteiger partial charge is 0.149 e. The minimum atomic E-state index is 0.672. The summed E-state index contributed by atoms with van der Waals surface area (Å²) in [6.07, 6.45) is 0.911. The Bertz CT molecular complexity index is 566. The van der Waals surface area contributed by atoms with Gasteiger partial charge in [0.2, 0.25) is 0 Å². The summed E-state index contributed by atoms with van der Waals surface area (Å²) in [5, 5.41) is 14.6. The second kappa shape index (κ2) is 7.16. The van der Waals surface area contributed by atoms with Crippen molar-refractivity contribution in [2.75, 3.05) is 13.1 Å². The van der Waals surface area contributed by atoms with E-state index in [0.29, 0.717) is 5.92 Å². The highest BCUT2D eigenvalue weighted by Crippen LogP contribution is 2.32. The fourth-order valence-electron chi connectivity index (χ4n) is 1.86. The fraction of sp³-hybridized carbons (Fsp3) is 0.467. The lowest BCUT2D eigenvalue weighted by molar-refractivity contribution is 0.553. The molecule has 0 unspecified atom stereocenters. The molecule has 2 rings (SSSR count). The molecule has 0 spiro atoms. The van der Waals surface area contributed by atoms with Gasteiger partial charge in [0.1, 0.15) is 10.0 Å². The average Bonchev–Trinajstić information content (AvgIpc) is 2.86. The van der Waals surface area contributed by atoms with Crippen molar-refractivity contribution in [1.29, 1.82) is 0 Å². The first-order chi connectivity index (χ1) is 9.58. The number of aryl methyl sites for hydroxylation is 1. The molecule has 0 aliphatic rings. The van der Waals surface area contributed by atoms with Gasteiger partial charge in [-0.1, -0.05) is 55.0 Å². The first kappa shape index (κ1) is 15.4. The molecule has 2 aromatic rings. The van der Waals surface area contributed by atoms with Crippen LogP contribution in [-0.4, -0.2) is 23.3 Å². The molecule has 1 aromatic heterocycles. The second-order valence-corrected chi connectivity index (χ2v) is 6.73. The highest BCUT2D eigenvalue weighted by molar-refractivity contribution is 7.14. The van der Waals surface area contributed by atoms with Gasteiger partial charge in [0.25, 0.3) is 0 Å². The fourth-order valence-corrected chi connectivity index (χ4v) is 3.00. The zero-order chi connectivity index (χ0) is 14.5. The number of hydrogen-bond acceptors (Lipinski definition) is 4. The molecular formula is C15H20ClN3S. The number of benzene rings is 1. The highest BCUT2D eigenvalue weighted by atomic mass is 35.5. The summed E-state index contributed by atoms with van der Waals surface area (Å²) in [6, 6.07) is 6.00. The van der Waals surface area contributed by atoms with Crippen molar-refractivity contribution in [1.82, 2.24) is 15.5 Å². The van der Waals surface area contributed by atoms with Crippen LogP contribution >= 0.6 is 22.9 Å². The third-order valence-corrected chi connectivity index (χ3v) is 4.48. The van der Waals surface area contributed by atoms with Crippen LogP contribution in [0.4, 0.5) is 0 Å². The standard InChI is InChI=1S/C15H20ClN3S/c1-10(2)9-17-8-7-13-18-19-15(20-13)12-6-4-5-11(3)14(12)16/h4-6,10,17H,7-9H2,1-3H3. The third-order valence-electron chi connectivity index (χ3n) is 2.96. The molecule has 1 heterocycles. The Labute approximate surface area is 129 Å². The Morgan fingerprint density at radius 1 is 1.30 bits per heavy atom. The van der Waals surface area contributed by atoms with Gasteiger partial charge in [-0.3, -0.25) is 0 Å². The van der Waals surface area contributed by atoms with Crippen LogP contribution in [0.1, 0.15) is 24.4 Å². The van der Waals surface area contributed by atoms with Gasteiger partial charge in [-0.15, -0.1) is 10.2 Å². The molecule has 0 radical (unpaired) electrons. The molecule has 0 amide bonds. The third kappa shape index (κ3) is 4.01. The van der Waals surface area contributed by atoms with Crippen LogP contribution in [0.5, 0.6) is 0 Å². The Balaban J connectivity index is 2.00. The number of nitrogens with zero attached hydrogens (tertiary/aromatic N) is 2. The number of rotatable bonds is 6. The predicted molar refractivity (Wildman–Crippen MR) is 86.5 cm³/mol. The molecule has 0 bridgehead atoms. The topological polar surface area (TPSA) is 37.8 Å². The van der Waals surface area contributed by atoms with Gasteiger partial charge in [-0.2, -0.15) is 0 Å². The Morgan fingerprint density at radius 3 is 2.85 bits per heavy atom. The first-order valence-electron chi connectivity index (χ1n) is 6.86. The lowest BCUT2D eigenvalue weighted by Crippen LogP contribution is -2.22.